The molecule has 1 aromatic heterocycles. The Balaban J connectivity index is 2.38. The molecule has 0 radical (unpaired) electrons. The monoisotopic (exact) mass is 240 g/mol. The number of carbonyl (C=O) groups is 1. The summed E-state index contributed by atoms with van der Waals surface area (Å²) in [5, 5.41) is 8.78. The topological polar surface area (TPSA) is 101 Å². The van der Waals surface area contributed by atoms with Crippen LogP contribution in [0.4, 0.5) is 0 Å². The lowest BCUT2D eigenvalue weighted by molar-refractivity contribution is 0.0690. The number of carboxylic acid groups (broad SMARTS) is 1. The number of hydrogen-bond acceptors (Lipinski definition) is 4. The van der Waals surface area contributed by atoms with Crippen LogP contribution in [-0.4, -0.2) is 33.3 Å². The molecule has 1 aliphatic heterocycles. The van der Waals surface area contributed by atoms with Crippen molar-refractivity contribution >= 4 is 5.97 Å². The van der Waals surface area contributed by atoms with Gasteiger partial charge in [0.1, 0.15) is 5.56 Å². The van der Waals surface area contributed by atoms with E-state index in [1.165, 1.54) is 0 Å². The minimum atomic E-state index is -1.35. The number of rotatable bonds is 3. The molecule has 0 amide bonds. The smallest absolute Gasteiger partial charge is 0.342 e. The number of aromatic amines is 1. The van der Waals surface area contributed by atoms with E-state index in [-0.39, 0.29) is 12.6 Å². The van der Waals surface area contributed by atoms with Gasteiger partial charge in [-0.1, -0.05) is 0 Å². The molecule has 17 heavy (non-hydrogen) atoms. The highest BCUT2D eigenvalue weighted by molar-refractivity contribution is 5.86. The fourth-order valence-corrected chi connectivity index (χ4v) is 1.82. The Morgan fingerprint density at radius 1 is 1.59 bits per heavy atom. The van der Waals surface area contributed by atoms with Crippen LogP contribution in [0.1, 0.15) is 23.2 Å². The molecule has 1 fully saturated rings. The van der Waals surface area contributed by atoms with E-state index >= 15 is 0 Å². The van der Waals surface area contributed by atoms with Crippen molar-refractivity contribution in [2.45, 2.75) is 25.5 Å². The third-order valence-corrected chi connectivity index (χ3v) is 2.70. The van der Waals surface area contributed by atoms with E-state index in [0.717, 1.165) is 23.6 Å². The summed E-state index contributed by atoms with van der Waals surface area (Å²) in [5.41, 5.74) is -1.85. The highest BCUT2D eigenvalue weighted by atomic mass is 16.5. The van der Waals surface area contributed by atoms with Gasteiger partial charge in [0.15, 0.2) is 0 Å². The predicted octanol–water partition coefficient (Wildman–Crippen LogP) is -0.586. The second kappa shape index (κ2) is 4.54. The van der Waals surface area contributed by atoms with Crippen molar-refractivity contribution < 1.29 is 14.6 Å². The molecule has 7 heteroatoms. The first kappa shape index (κ1) is 11.6. The zero-order chi connectivity index (χ0) is 12.4. The van der Waals surface area contributed by atoms with Gasteiger partial charge in [0.05, 0.1) is 12.6 Å². The van der Waals surface area contributed by atoms with Crippen LogP contribution in [0, 0.1) is 0 Å². The highest BCUT2D eigenvalue weighted by Gasteiger charge is 2.20. The van der Waals surface area contributed by atoms with Gasteiger partial charge in [0.25, 0.3) is 5.56 Å². The van der Waals surface area contributed by atoms with Crippen molar-refractivity contribution in [3.8, 4) is 0 Å². The summed E-state index contributed by atoms with van der Waals surface area (Å²) < 4.78 is 6.18. The van der Waals surface area contributed by atoms with Crippen LogP contribution in [0.5, 0.6) is 0 Å². The van der Waals surface area contributed by atoms with E-state index in [1.807, 2.05) is 0 Å². The van der Waals surface area contributed by atoms with E-state index in [2.05, 4.69) is 4.98 Å². The van der Waals surface area contributed by atoms with Gasteiger partial charge in [-0.2, -0.15) is 0 Å². The molecule has 2 heterocycles. The van der Waals surface area contributed by atoms with Crippen molar-refractivity contribution in [3.05, 3.63) is 32.6 Å². The molecule has 0 unspecified atom stereocenters. The Kier molecular flexibility index (Phi) is 3.10. The third kappa shape index (κ3) is 2.28. The lowest BCUT2D eigenvalue weighted by Crippen LogP contribution is -2.40. The Morgan fingerprint density at radius 2 is 2.35 bits per heavy atom. The van der Waals surface area contributed by atoms with Crippen molar-refractivity contribution in [2.24, 2.45) is 0 Å². The van der Waals surface area contributed by atoms with Gasteiger partial charge in [-0.15, -0.1) is 0 Å². The van der Waals surface area contributed by atoms with E-state index < -0.39 is 22.8 Å². The largest absolute Gasteiger partial charge is 0.477 e. The molecule has 0 bridgehead atoms. The van der Waals surface area contributed by atoms with Gasteiger partial charge < -0.3 is 14.8 Å². The molecule has 1 saturated heterocycles. The molecular weight excluding hydrogens is 228 g/mol. The first-order valence-electron chi connectivity index (χ1n) is 5.27. The van der Waals surface area contributed by atoms with Crippen LogP contribution < -0.4 is 11.2 Å². The molecule has 92 valence electrons. The first-order chi connectivity index (χ1) is 8.09. The molecule has 1 atom stereocenters. The minimum Gasteiger partial charge on any atom is -0.477 e. The molecule has 7 nitrogen and oxygen atoms in total. The summed E-state index contributed by atoms with van der Waals surface area (Å²) >= 11 is 0. The standard InChI is InChI=1S/C10H12N2O5/c13-8-7(9(14)15)4-11-10(16)12(8)5-6-2-1-3-17-6/h4,6H,1-3,5H2,(H,11,16)(H,14,15)/t6-/m0/s1. The first-order valence-corrected chi connectivity index (χ1v) is 5.27. The summed E-state index contributed by atoms with van der Waals surface area (Å²) in [6.07, 6.45) is 2.37. The van der Waals surface area contributed by atoms with Gasteiger partial charge in [-0.05, 0) is 12.8 Å². The average molecular weight is 240 g/mol. The molecular formula is C10H12N2O5. The lowest BCUT2D eigenvalue weighted by atomic mass is 10.2. The second-order valence-corrected chi connectivity index (χ2v) is 3.86. The van der Waals surface area contributed by atoms with Crippen molar-refractivity contribution in [1.29, 1.82) is 0 Å². The van der Waals surface area contributed by atoms with Gasteiger partial charge in [-0.3, -0.25) is 9.36 Å². The zero-order valence-corrected chi connectivity index (χ0v) is 9.01. The number of H-pyrrole nitrogens is 1. The molecule has 0 saturated carbocycles. The average Bonchev–Trinajstić information content (AvgIpc) is 2.76. The lowest BCUT2D eigenvalue weighted by Gasteiger charge is -2.10. The maximum absolute atomic E-state index is 11.7. The van der Waals surface area contributed by atoms with Crippen LogP contribution >= 0.6 is 0 Å². The van der Waals surface area contributed by atoms with Crippen molar-refractivity contribution in [1.82, 2.24) is 9.55 Å². The Bertz CT molecular complexity index is 538. The summed E-state index contributed by atoms with van der Waals surface area (Å²) in [6, 6.07) is 0. The summed E-state index contributed by atoms with van der Waals surface area (Å²) in [5.74, 6) is -1.35. The molecule has 2 N–H and O–H groups in total. The highest BCUT2D eigenvalue weighted by Crippen LogP contribution is 2.12. The molecule has 1 aromatic rings. The van der Waals surface area contributed by atoms with Crippen LogP contribution in [0.2, 0.25) is 0 Å². The predicted molar refractivity (Wildman–Crippen MR) is 57.3 cm³/mol. The van der Waals surface area contributed by atoms with Crippen LogP contribution in [0.15, 0.2) is 15.8 Å². The number of nitrogens with zero attached hydrogens (tertiary/aromatic N) is 1. The van der Waals surface area contributed by atoms with Gasteiger partial charge in [-0.25, -0.2) is 9.59 Å². The zero-order valence-electron chi connectivity index (χ0n) is 9.01. The van der Waals surface area contributed by atoms with Gasteiger partial charge >= 0.3 is 11.7 Å². The van der Waals surface area contributed by atoms with E-state index in [0.29, 0.717) is 6.61 Å². The van der Waals surface area contributed by atoms with E-state index in [4.69, 9.17) is 9.84 Å². The number of aromatic nitrogens is 2. The quantitative estimate of drug-likeness (QED) is 0.735. The molecule has 2 rings (SSSR count). The van der Waals surface area contributed by atoms with Gasteiger partial charge in [0, 0.05) is 12.8 Å². The normalized spacial score (nSPS) is 19.4. The Hall–Kier alpha value is -1.89. The number of carboxylic acids is 1. The Labute approximate surface area is 95.7 Å². The van der Waals surface area contributed by atoms with E-state index in [9.17, 15) is 14.4 Å². The minimum absolute atomic E-state index is 0.0925. The summed E-state index contributed by atoms with van der Waals surface area (Å²) in [7, 11) is 0. The number of aromatic carboxylic acids is 1. The third-order valence-electron chi connectivity index (χ3n) is 2.70. The summed E-state index contributed by atoms with van der Waals surface area (Å²) in [4.78, 5) is 36.2. The molecule has 0 spiro atoms. The van der Waals surface area contributed by atoms with Crippen LogP contribution in [-0.2, 0) is 11.3 Å². The maximum atomic E-state index is 11.7. The summed E-state index contributed by atoms with van der Waals surface area (Å²) in [6.45, 7) is 0.700. The molecule has 0 aliphatic carbocycles. The SMILES string of the molecule is O=C(O)c1c[nH]c(=O)n(C[C@@H]2CCCO2)c1=O. The number of ether oxygens (including phenoxy) is 1. The Morgan fingerprint density at radius 3 is 2.94 bits per heavy atom. The number of nitrogens with one attached hydrogen (secondary N) is 1. The van der Waals surface area contributed by atoms with Gasteiger partial charge in [0.2, 0.25) is 0 Å². The molecule has 0 aromatic carbocycles. The van der Waals surface area contributed by atoms with E-state index in [1.54, 1.807) is 0 Å². The number of hydrogen-bond donors (Lipinski definition) is 2. The second-order valence-electron chi connectivity index (χ2n) is 3.86. The van der Waals surface area contributed by atoms with Crippen LogP contribution in [0.25, 0.3) is 0 Å². The van der Waals surface area contributed by atoms with Crippen molar-refractivity contribution in [2.75, 3.05) is 6.61 Å². The molecule has 1 aliphatic rings. The maximum Gasteiger partial charge on any atom is 0.342 e. The fraction of sp³-hybridized carbons (Fsp3) is 0.500. The van der Waals surface area contributed by atoms with Crippen LogP contribution in [0.3, 0.4) is 0 Å². The van der Waals surface area contributed by atoms with Crippen molar-refractivity contribution in [3.63, 3.8) is 0 Å². The fourth-order valence-electron chi connectivity index (χ4n) is 1.82.